The Morgan fingerprint density at radius 1 is 1.08 bits per heavy atom. The highest BCUT2D eigenvalue weighted by Gasteiger charge is 2.31. The summed E-state index contributed by atoms with van der Waals surface area (Å²) in [5.41, 5.74) is 7.79. The average molecular weight is 485 g/mol. The van der Waals surface area contributed by atoms with Gasteiger partial charge in [-0.15, -0.1) is 0 Å². The van der Waals surface area contributed by atoms with E-state index in [2.05, 4.69) is 12.6 Å². The number of benzene rings is 3. The molecule has 0 amide bonds. The number of para-hydroxylation sites is 1. The Labute approximate surface area is 208 Å². The highest BCUT2D eigenvalue weighted by Crippen LogP contribution is 2.45. The van der Waals surface area contributed by atoms with Crippen molar-refractivity contribution < 1.29 is 28.5 Å². The van der Waals surface area contributed by atoms with Crippen molar-refractivity contribution in [3.63, 3.8) is 0 Å². The second kappa shape index (κ2) is 11.0. The van der Waals surface area contributed by atoms with Crippen LogP contribution < -0.4 is 29.4 Å². The fraction of sp³-hybridized carbons (Fsp3) is 0.143. The van der Waals surface area contributed by atoms with E-state index in [4.69, 9.17) is 29.4 Å². The lowest BCUT2D eigenvalue weighted by Crippen LogP contribution is -2.21. The number of methoxy groups -OCH3 is 1. The first-order valence-electron chi connectivity index (χ1n) is 11.1. The van der Waals surface area contributed by atoms with Gasteiger partial charge in [0, 0.05) is 11.6 Å². The number of carbonyl (C=O) groups is 1. The van der Waals surface area contributed by atoms with Gasteiger partial charge in [-0.05, 0) is 35.9 Å². The molecule has 3 aromatic rings. The maximum atomic E-state index is 12.3. The average Bonchev–Trinajstić information content (AvgIpc) is 2.90. The maximum Gasteiger partial charge on any atom is 0.349 e. The summed E-state index contributed by atoms with van der Waals surface area (Å²) in [6.45, 7) is 3.72. The van der Waals surface area contributed by atoms with Gasteiger partial charge in [0.25, 0.3) is 0 Å². The number of nitrogens with zero attached hydrogens (tertiary/aromatic N) is 1. The van der Waals surface area contributed by atoms with Crippen LogP contribution in [0.4, 0.5) is 0 Å². The van der Waals surface area contributed by atoms with Crippen molar-refractivity contribution in [2.24, 2.45) is 5.73 Å². The van der Waals surface area contributed by atoms with Crippen LogP contribution in [0, 0.1) is 11.3 Å². The summed E-state index contributed by atoms with van der Waals surface area (Å²) in [6, 6.07) is 21.4. The van der Waals surface area contributed by atoms with Crippen LogP contribution in [0.1, 0.15) is 17.0 Å². The number of hydrogen-bond acceptors (Lipinski definition) is 8. The number of carbonyl (C=O) groups excluding carboxylic acids is 1. The largest absolute Gasteiger partial charge is 0.493 e. The molecule has 4 rings (SSSR count). The van der Waals surface area contributed by atoms with Crippen LogP contribution in [0.5, 0.6) is 28.7 Å². The van der Waals surface area contributed by atoms with Crippen molar-refractivity contribution in [1.29, 1.82) is 5.26 Å². The number of fused-ring (bicyclic) bond motifs is 1. The molecule has 0 aromatic heterocycles. The quantitative estimate of drug-likeness (QED) is 0.269. The lowest BCUT2D eigenvalue weighted by Gasteiger charge is -2.27. The molecule has 1 atom stereocenters. The van der Waals surface area contributed by atoms with E-state index in [-0.39, 0.29) is 23.8 Å². The van der Waals surface area contributed by atoms with Crippen LogP contribution in [-0.4, -0.2) is 26.3 Å². The van der Waals surface area contributed by atoms with E-state index in [1.807, 2.05) is 24.3 Å². The SMILES string of the molecule is C=CCOc1ccc(C2C(C#N)=C(N)Oc3cc(OC(=O)COc4ccccc4)ccc32)cc1OC. The molecule has 1 aliphatic rings. The Morgan fingerprint density at radius 3 is 2.61 bits per heavy atom. The van der Waals surface area contributed by atoms with Gasteiger partial charge in [0.1, 0.15) is 35.5 Å². The molecule has 1 heterocycles. The minimum atomic E-state index is -0.577. The Bertz CT molecular complexity index is 1340. The normalized spacial score (nSPS) is 14.1. The fourth-order valence-electron chi connectivity index (χ4n) is 3.79. The van der Waals surface area contributed by atoms with E-state index in [9.17, 15) is 10.1 Å². The first-order chi connectivity index (χ1) is 17.5. The Kier molecular flexibility index (Phi) is 7.42. The third-order valence-electron chi connectivity index (χ3n) is 5.40. The number of ether oxygens (including phenoxy) is 5. The van der Waals surface area contributed by atoms with Crippen LogP contribution in [0.15, 0.2) is 90.8 Å². The number of nitriles is 1. The molecule has 0 bridgehead atoms. The summed E-state index contributed by atoms with van der Waals surface area (Å²) in [5, 5.41) is 9.82. The minimum absolute atomic E-state index is 0.0307. The second-order valence-corrected chi connectivity index (χ2v) is 7.71. The first kappa shape index (κ1) is 24.2. The molecular weight excluding hydrogens is 460 g/mol. The molecule has 0 spiro atoms. The zero-order valence-electron chi connectivity index (χ0n) is 19.6. The van der Waals surface area contributed by atoms with Crippen LogP contribution in [-0.2, 0) is 4.79 Å². The summed E-state index contributed by atoms with van der Waals surface area (Å²) < 4.78 is 27.7. The minimum Gasteiger partial charge on any atom is -0.493 e. The van der Waals surface area contributed by atoms with Crippen molar-refractivity contribution in [2.45, 2.75) is 5.92 Å². The van der Waals surface area contributed by atoms with Gasteiger partial charge < -0.3 is 29.4 Å². The maximum absolute atomic E-state index is 12.3. The van der Waals surface area contributed by atoms with Crippen LogP contribution in [0.3, 0.4) is 0 Å². The Hall–Kier alpha value is -4.90. The number of allylic oxidation sites excluding steroid dienone is 1. The third-order valence-corrected chi connectivity index (χ3v) is 5.40. The molecule has 8 nitrogen and oxygen atoms in total. The van der Waals surface area contributed by atoms with Crippen LogP contribution >= 0.6 is 0 Å². The molecule has 36 heavy (non-hydrogen) atoms. The molecule has 3 aromatic carbocycles. The zero-order valence-corrected chi connectivity index (χ0v) is 19.6. The molecule has 8 heteroatoms. The predicted octanol–water partition coefficient (Wildman–Crippen LogP) is 4.46. The van der Waals surface area contributed by atoms with E-state index in [1.165, 1.54) is 7.11 Å². The van der Waals surface area contributed by atoms with Crippen LogP contribution in [0.2, 0.25) is 0 Å². The van der Waals surface area contributed by atoms with Gasteiger partial charge in [-0.25, -0.2) is 4.79 Å². The number of hydrogen-bond donors (Lipinski definition) is 1. The van der Waals surface area contributed by atoms with Gasteiger partial charge in [-0.2, -0.15) is 5.26 Å². The fourth-order valence-corrected chi connectivity index (χ4v) is 3.79. The molecule has 0 fully saturated rings. The standard InChI is InChI=1S/C28H24N2O6/c1-3-13-33-23-12-9-18(14-25(23)32-2)27-21-11-10-20(15-24(21)36-28(30)22(27)16-29)35-26(31)17-34-19-7-5-4-6-8-19/h3-12,14-15,27H,1,13,17,30H2,2H3. The molecule has 1 aliphatic heterocycles. The molecule has 2 N–H and O–H groups in total. The lowest BCUT2D eigenvalue weighted by molar-refractivity contribution is -0.136. The third kappa shape index (κ3) is 5.26. The summed E-state index contributed by atoms with van der Waals surface area (Å²) in [4.78, 5) is 12.3. The summed E-state index contributed by atoms with van der Waals surface area (Å²) >= 11 is 0. The van der Waals surface area contributed by atoms with E-state index in [0.29, 0.717) is 35.2 Å². The van der Waals surface area contributed by atoms with Crippen molar-refractivity contribution in [2.75, 3.05) is 20.3 Å². The van der Waals surface area contributed by atoms with Gasteiger partial charge in [0.2, 0.25) is 5.88 Å². The Balaban J connectivity index is 1.59. The van der Waals surface area contributed by atoms with Crippen molar-refractivity contribution >= 4 is 5.97 Å². The smallest absolute Gasteiger partial charge is 0.349 e. The Morgan fingerprint density at radius 2 is 1.89 bits per heavy atom. The molecular formula is C28H24N2O6. The highest BCUT2D eigenvalue weighted by molar-refractivity contribution is 5.74. The molecule has 0 aliphatic carbocycles. The number of nitrogens with two attached hydrogens (primary N) is 1. The summed E-state index contributed by atoms with van der Waals surface area (Å²) in [6.07, 6.45) is 1.64. The van der Waals surface area contributed by atoms with E-state index in [1.54, 1.807) is 48.5 Å². The molecule has 0 radical (unpaired) electrons. The van der Waals surface area contributed by atoms with Gasteiger partial charge in [-0.1, -0.05) is 43.0 Å². The topological polar surface area (TPSA) is 113 Å². The lowest BCUT2D eigenvalue weighted by atomic mass is 9.83. The predicted molar refractivity (Wildman–Crippen MR) is 132 cm³/mol. The zero-order chi connectivity index (χ0) is 25.5. The molecule has 1 unspecified atom stereocenters. The van der Waals surface area contributed by atoms with Gasteiger partial charge in [-0.3, -0.25) is 0 Å². The monoisotopic (exact) mass is 484 g/mol. The first-order valence-corrected chi connectivity index (χ1v) is 11.1. The van der Waals surface area contributed by atoms with Crippen LogP contribution in [0.25, 0.3) is 0 Å². The van der Waals surface area contributed by atoms with Crippen molar-refractivity contribution in [1.82, 2.24) is 0 Å². The van der Waals surface area contributed by atoms with Gasteiger partial charge in [0.05, 0.1) is 13.0 Å². The number of esters is 1. The highest BCUT2D eigenvalue weighted by atomic mass is 16.6. The number of rotatable bonds is 9. The molecule has 182 valence electrons. The molecule has 0 saturated heterocycles. The summed E-state index contributed by atoms with van der Waals surface area (Å²) in [5.74, 6) is 1.11. The second-order valence-electron chi connectivity index (χ2n) is 7.71. The van der Waals surface area contributed by atoms with Gasteiger partial charge in [0.15, 0.2) is 18.1 Å². The van der Waals surface area contributed by atoms with Gasteiger partial charge >= 0.3 is 5.97 Å². The van der Waals surface area contributed by atoms with E-state index < -0.39 is 11.9 Å². The summed E-state index contributed by atoms with van der Waals surface area (Å²) in [7, 11) is 1.54. The van der Waals surface area contributed by atoms with E-state index in [0.717, 1.165) is 5.56 Å². The van der Waals surface area contributed by atoms with E-state index >= 15 is 0 Å². The molecule has 0 saturated carbocycles. The van der Waals surface area contributed by atoms with Crippen molar-refractivity contribution in [3.05, 3.63) is 102 Å². The van der Waals surface area contributed by atoms with Crippen molar-refractivity contribution in [3.8, 4) is 34.8 Å².